The molecule has 2 N–H and O–H groups in total. The predicted molar refractivity (Wildman–Crippen MR) is 71.6 cm³/mol. The number of hydrogen-bond acceptors (Lipinski definition) is 3. The average Bonchev–Trinajstić information content (AvgIpc) is 2.87. The second-order valence-electron chi connectivity index (χ2n) is 4.42. The minimum absolute atomic E-state index is 0.0320. The van der Waals surface area contributed by atoms with Gasteiger partial charge in [-0.05, 0) is 19.4 Å². The fraction of sp³-hybridized carbons (Fsp3) is 0.214. The summed E-state index contributed by atoms with van der Waals surface area (Å²) in [4.78, 5) is 22.3. The molecule has 0 saturated heterocycles. The van der Waals surface area contributed by atoms with Crippen LogP contribution in [-0.4, -0.2) is 21.5 Å². The van der Waals surface area contributed by atoms with Crippen LogP contribution in [0.15, 0.2) is 36.7 Å². The second-order valence-corrected chi connectivity index (χ2v) is 4.42. The van der Waals surface area contributed by atoms with Crippen LogP contribution in [0, 0.1) is 0 Å². The number of nitrogens with zero attached hydrogens (tertiary/aromatic N) is 2. The zero-order chi connectivity index (χ0) is 14.0. The normalized spacial score (nSPS) is 12.1. The van der Waals surface area contributed by atoms with Gasteiger partial charge in [-0.25, -0.2) is 0 Å². The van der Waals surface area contributed by atoms with Crippen molar-refractivity contribution in [2.45, 2.75) is 19.9 Å². The molecule has 1 aromatic heterocycles. The number of rotatable bonds is 4. The molecule has 5 nitrogen and oxygen atoms in total. The average molecular weight is 257 g/mol. The fourth-order valence-electron chi connectivity index (χ4n) is 1.73. The van der Waals surface area contributed by atoms with Crippen LogP contribution >= 0.6 is 0 Å². The van der Waals surface area contributed by atoms with Crippen LogP contribution in [0.2, 0.25) is 0 Å². The minimum atomic E-state index is -0.481. The largest absolute Gasteiger partial charge is 0.368 e. The first-order valence-electron chi connectivity index (χ1n) is 5.94. The molecular weight excluding hydrogens is 242 g/mol. The number of carbonyl (C=O) groups excluding carboxylic acids is 2. The summed E-state index contributed by atoms with van der Waals surface area (Å²) in [6.45, 7) is 3.22. The van der Waals surface area contributed by atoms with Crippen molar-refractivity contribution >= 4 is 11.7 Å². The van der Waals surface area contributed by atoms with Crippen molar-refractivity contribution in [3.63, 3.8) is 0 Å². The van der Waals surface area contributed by atoms with Crippen molar-refractivity contribution in [3.8, 4) is 11.1 Å². The lowest BCUT2D eigenvalue weighted by atomic mass is 10.1. The number of nitrogens with two attached hydrogens (primary N) is 1. The Labute approximate surface area is 111 Å². The maximum atomic E-state index is 11.2. The molecule has 1 aromatic carbocycles. The molecule has 0 aliphatic heterocycles. The van der Waals surface area contributed by atoms with Gasteiger partial charge in [0, 0.05) is 17.3 Å². The summed E-state index contributed by atoms with van der Waals surface area (Å²) in [7, 11) is 0. The lowest BCUT2D eigenvalue weighted by molar-refractivity contribution is -0.120. The number of ketones is 1. The summed E-state index contributed by atoms with van der Waals surface area (Å²) < 4.78 is 1.52. The molecule has 0 unspecified atom stereocenters. The Morgan fingerprint density at radius 1 is 1.21 bits per heavy atom. The number of hydrogen-bond donors (Lipinski definition) is 1. The first-order valence-corrected chi connectivity index (χ1v) is 5.94. The molecule has 0 saturated carbocycles. The smallest absolute Gasteiger partial charge is 0.241 e. The molecule has 1 amide bonds. The van der Waals surface area contributed by atoms with Gasteiger partial charge in [0.05, 0.1) is 6.20 Å². The highest BCUT2D eigenvalue weighted by Crippen LogP contribution is 2.20. The van der Waals surface area contributed by atoms with E-state index in [-0.39, 0.29) is 5.78 Å². The molecule has 5 heteroatoms. The molecule has 0 aliphatic rings. The van der Waals surface area contributed by atoms with E-state index in [4.69, 9.17) is 5.73 Å². The Morgan fingerprint density at radius 3 is 2.37 bits per heavy atom. The van der Waals surface area contributed by atoms with Gasteiger partial charge in [0.15, 0.2) is 5.78 Å². The molecule has 1 atom stereocenters. The Kier molecular flexibility index (Phi) is 3.46. The Balaban J connectivity index is 2.27. The van der Waals surface area contributed by atoms with Crippen molar-refractivity contribution in [1.29, 1.82) is 0 Å². The van der Waals surface area contributed by atoms with Gasteiger partial charge in [-0.15, -0.1) is 0 Å². The van der Waals surface area contributed by atoms with Gasteiger partial charge in [-0.2, -0.15) is 5.10 Å². The van der Waals surface area contributed by atoms with Gasteiger partial charge >= 0.3 is 0 Å². The second kappa shape index (κ2) is 5.06. The van der Waals surface area contributed by atoms with Crippen LogP contribution < -0.4 is 5.73 Å². The van der Waals surface area contributed by atoms with E-state index in [1.165, 1.54) is 11.6 Å². The van der Waals surface area contributed by atoms with Crippen molar-refractivity contribution in [1.82, 2.24) is 9.78 Å². The Hall–Kier alpha value is -2.43. The molecule has 0 spiro atoms. The van der Waals surface area contributed by atoms with Crippen molar-refractivity contribution < 1.29 is 9.59 Å². The van der Waals surface area contributed by atoms with E-state index < -0.39 is 11.9 Å². The molecule has 98 valence electrons. The molecule has 0 bridgehead atoms. The molecule has 1 heterocycles. The standard InChI is InChI=1S/C14H15N3O2/c1-9(14(15)19)17-8-13(7-16-17)12-5-3-11(4-6-12)10(2)18/h3-9H,1-2H3,(H2,15,19)/t9-/m1/s1. The quantitative estimate of drug-likeness (QED) is 0.848. The van der Waals surface area contributed by atoms with Gasteiger partial charge in [0.1, 0.15) is 6.04 Å². The van der Waals surface area contributed by atoms with Crippen LogP contribution in [-0.2, 0) is 4.79 Å². The first kappa shape index (κ1) is 13.0. The van der Waals surface area contributed by atoms with Crippen molar-refractivity contribution in [2.75, 3.05) is 0 Å². The van der Waals surface area contributed by atoms with Crippen LogP contribution in [0.5, 0.6) is 0 Å². The van der Waals surface area contributed by atoms with Crippen molar-refractivity contribution in [3.05, 3.63) is 42.2 Å². The molecule has 19 heavy (non-hydrogen) atoms. The summed E-state index contributed by atoms with van der Waals surface area (Å²) in [6.07, 6.45) is 3.43. The third-order valence-electron chi connectivity index (χ3n) is 3.03. The fourth-order valence-corrected chi connectivity index (χ4v) is 1.73. The number of carbonyl (C=O) groups is 2. The predicted octanol–water partition coefficient (Wildman–Crippen LogP) is 1.80. The highest BCUT2D eigenvalue weighted by molar-refractivity contribution is 5.94. The van der Waals surface area contributed by atoms with Gasteiger partial charge < -0.3 is 5.73 Å². The maximum Gasteiger partial charge on any atom is 0.241 e. The SMILES string of the molecule is CC(=O)c1ccc(-c2cnn([C@H](C)C(N)=O)c2)cc1. The highest BCUT2D eigenvalue weighted by Gasteiger charge is 2.12. The summed E-state index contributed by atoms with van der Waals surface area (Å²) in [5.74, 6) is -0.397. The van der Waals surface area contributed by atoms with Gasteiger partial charge in [0.2, 0.25) is 5.91 Å². The molecule has 0 radical (unpaired) electrons. The lowest BCUT2D eigenvalue weighted by Gasteiger charge is -2.06. The monoisotopic (exact) mass is 257 g/mol. The number of Topliss-reactive ketones (excluding diaryl/α,β-unsaturated/α-hetero) is 1. The molecule has 2 aromatic rings. The summed E-state index contributed by atoms with van der Waals surface area (Å²) in [5.41, 5.74) is 7.72. The first-order chi connectivity index (χ1) is 8.99. The lowest BCUT2D eigenvalue weighted by Crippen LogP contribution is -2.24. The van der Waals surface area contributed by atoms with Crippen LogP contribution in [0.4, 0.5) is 0 Å². The molecule has 0 aliphatic carbocycles. The van der Waals surface area contributed by atoms with E-state index in [1.807, 2.05) is 12.1 Å². The zero-order valence-corrected chi connectivity index (χ0v) is 10.8. The molecular formula is C14H15N3O2. The van der Waals surface area contributed by atoms with E-state index in [1.54, 1.807) is 31.5 Å². The Bertz CT molecular complexity index is 614. The highest BCUT2D eigenvalue weighted by atomic mass is 16.1. The van der Waals surface area contributed by atoms with Gasteiger partial charge in [0.25, 0.3) is 0 Å². The number of amides is 1. The third-order valence-corrected chi connectivity index (χ3v) is 3.03. The summed E-state index contributed by atoms with van der Waals surface area (Å²) in [6, 6.07) is 6.77. The van der Waals surface area contributed by atoms with E-state index in [0.717, 1.165) is 11.1 Å². The topological polar surface area (TPSA) is 78.0 Å². The third kappa shape index (κ3) is 2.70. The van der Waals surface area contributed by atoms with Gasteiger partial charge in [-0.1, -0.05) is 24.3 Å². The van der Waals surface area contributed by atoms with E-state index in [2.05, 4.69) is 5.10 Å². The zero-order valence-electron chi connectivity index (χ0n) is 10.8. The Morgan fingerprint density at radius 2 is 1.84 bits per heavy atom. The van der Waals surface area contributed by atoms with E-state index >= 15 is 0 Å². The summed E-state index contributed by atoms with van der Waals surface area (Å²) in [5, 5.41) is 4.12. The summed E-state index contributed by atoms with van der Waals surface area (Å²) >= 11 is 0. The van der Waals surface area contributed by atoms with E-state index in [0.29, 0.717) is 5.56 Å². The van der Waals surface area contributed by atoms with Crippen LogP contribution in [0.1, 0.15) is 30.2 Å². The number of aromatic nitrogens is 2. The van der Waals surface area contributed by atoms with Gasteiger partial charge in [-0.3, -0.25) is 14.3 Å². The molecule has 0 fully saturated rings. The van der Waals surface area contributed by atoms with Crippen molar-refractivity contribution in [2.24, 2.45) is 5.73 Å². The number of benzene rings is 1. The number of primary amides is 1. The molecule has 2 rings (SSSR count). The van der Waals surface area contributed by atoms with E-state index in [9.17, 15) is 9.59 Å². The minimum Gasteiger partial charge on any atom is -0.368 e. The van der Waals surface area contributed by atoms with Crippen LogP contribution in [0.25, 0.3) is 11.1 Å². The van der Waals surface area contributed by atoms with Crippen LogP contribution in [0.3, 0.4) is 0 Å². The maximum absolute atomic E-state index is 11.2.